The number of ether oxygens (including phenoxy) is 1. The van der Waals surface area contributed by atoms with Crippen LogP contribution in [0.2, 0.25) is 0 Å². The molecule has 0 atom stereocenters. The van der Waals surface area contributed by atoms with Gasteiger partial charge in [0.05, 0.1) is 18.0 Å². The number of aromatic nitrogens is 2. The summed E-state index contributed by atoms with van der Waals surface area (Å²) in [6, 6.07) is 31.8. The number of benzene rings is 3. The molecule has 0 aliphatic rings. The van der Waals surface area contributed by atoms with Crippen LogP contribution in [-0.2, 0) is 0 Å². The summed E-state index contributed by atoms with van der Waals surface area (Å²) in [5.41, 5.74) is 5.25. The maximum Gasteiger partial charge on any atom is 0.302 e. The Balaban J connectivity index is 0.00000272. The number of imidazole rings is 1. The quantitative estimate of drug-likeness (QED) is 0.221. The maximum atomic E-state index is 6.25. The average Bonchev–Trinajstić information content (AvgIpc) is 3.20. The Morgan fingerprint density at radius 1 is 0.710 bits per heavy atom. The normalized spacial score (nSPS) is 10.5. The van der Waals surface area contributed by atoms with Crippen LogP contribution in [0.25, 0.3) is 28.2 Å². The number of rotatable bonds is 9. The third kappa shape index (κ3) is 5.68. The summed E-state index contributed by atoms with van der Waals surface area (Å²) in [5, 5.41) is 0. The minimum Gasteiger partial charge on any atom is -0.464 e. The van der Waals surface area contributed by atoms with Crippen molar-refractivity contribution in [2.24, 2.45) is 0 Å². The van der Waals surface area contributed by atoms with Crippen molar-refractivity contribution in [3.8, 4) is 34.2 Å². The first-order valence-corrected chi connectivity index (χ1v) is 10.8. The van der Waals surface area contributed by atoms with Crippen LogP contribution in [0.15, 0.2) is 91.0 Å². The Hall–Kier alpha value is -2.33. The van der Waals surface area contributed by atoms with Gasteiger partial charge in [0.1, 0.15) is 5.69 Å². The van der Waals surface area contributed by atoms with Crippen molar-refractivity contribution >= 4 is 29.6 Å². The Kier molecular flexibility index (Phi) is 8.96. The molecule has 4 aromatic rings. The van der Waals surface area contributed by atoms with E-state index in [4.69, 9.17) is 9.72 Å². The van der Waals surface area contributed by atoms with Crippen LogP contribution in [0, 0.1) is 0 Å². The topological polar surface area (TPSA) is 27.1 Å². The predicted molar refractivity (Wildman–Crippen MR) is 130 cm³/mol. The summed E-state index contributed by atoms with van der Waals surface area (Å²) in [7, 11) is 0. The molecule has 0 aliphatic heterocycles. The van der Waals surface area contributed by atoms with Crippen LogP contribution >= 0.6 is 0 Å². The van der Waals surface area contributed by atoms with E-state index in [1.54, 1.807) is 0 Å². The van der Waals surface area contributed by atoms with Gasteiger partial charge in [-0.25, -0.2) is 0 Å². The molecule has 0 aliphatic carbocycles. The van der Waals surface area contributed by atoms with E-state index in [0.29, 0.717) is 12.6 Å². The van der Waals surface area contributed by atoms with Crippen LogP contribution in [0.3, 0.4) is 0 Å². The largest absolute Gasteiger partial charge is 0.464 e. The van der Waals surface area contributed by atoms with E-state index in [9.17, 15) is 0 Å². The van der Waals surface area contributed by atoms with Crippen LogP contribution in [0.4, 0.5) is 0 Å². The van der Waals surface area contributed by atoms with Gasteiger partial charge in [-0.05, 0) is 18.6 Å². The second-order valence-electron chi connectivity index (χ2n) is 7.40. The van der Waals surface area contributed by atoms with Gasteiger partial charge in [-0.2, -0.15) is 4.98 Å². The first kappa shape index (κ1) is 23.3. The standard InChI is InChI=1S/C27H28N2O.Na/c1-2-3-4-14-21-30-27-28-25(22-15-8-5-9-16-22)26(23-17-10-6-11-18-23)29(27)24-19-12-7-13-20-24;/h5-13,15-20H,2-4,14,21H2,1H3;. The molecule has 1 radical (unpaired) electrons. The number of nitrogens with zero attached hydrogens (tertiary/aromatic N) is 2. The van der Waals surface area contributed by atoms with Gasteiger partial charge in [0.2, 0.25) is 0 Å². The number of para-hydroxylation sites is 1. The van der Waals surface area contributed by atoms with Gasteiger partial charge in [0.25, 0.3) is 0 Å². The van der Waals surface area contributed by atoms with E-state index in [1.165, 1.54) is 19.3 Å². The molecule has 4 heteroatoms. The molecule has 0 saturated heterocycles. The number of hydrogen-bond acceptors (Lipinski definition) is 2. The molecule has 153 valence electrons. The number of hydrogen-bond donors (Lipinski definition) is 0. The predicted octanol–water partition coefficient (Wildman–Crippen LogP) is 6.78. The molecule has 0 spiro atoms. The fourth-order valence-electron chi connectivity index (χ4n) is 3.66. The second kappa shape index (κ2) is 11.9. The summed E-state index contributed by atoms with van der Waals surface area (Å²) < 4.78 is 8.40. The van der Waals surface area contributed by atoms with E-state index in [2.05, 4.69) is 84.3 Å². The summed E-state index contributed by atoms with van der Waals surface area (Å²) in [6.07, 6.45) is 4.67. The van der Waals surface area contributed by atoms with Gasteiger partial charge in [0, 0.05) is 40.7 Å². The summed E-state index contributed by atoms with van der Waals surface area (Å²) in [6.45, 7) is 2.90. The fourth-order valence-corrected chi connectivity index (χ4v) is 3.66. The summed E-state index contributed by atoms with van der Waals surface area (Å²) >= 11 is 0. The van der Waals surface area contributed by atoms with E-state index in [-0.39, 0.29) is 29.6 Å². The van der Waals surface area contributed by atoms with Gasteiger partial charge in [-0.3, -0.25) is 4.57 Å². The molecule has 3 nitrogen and oxygen atoms in total. The maximum absolute atomic E-state index is 6.25. The fraction of sp³-hybridized carbons (Fsp3) is 0.222. The molecular formula is C27H28N2NaO. The van der Waals surface area contributed by atoms with Crippen molar-refractivity contribution in [2.45, 2.75) is 32.6 Å². The molecule has 0 saturated carbocycles. The summed E-state index contributed by atoms with van der Waals surface area (Å²) in [4.78, 5) is 4.99. The number of unbranched alkanes of at least 4 members (excludes halogenated alkanes) is 3. The third-order valence-corrected chi connectivity index (χ3v) is 5.18. The molecule has 0 fully saturated rings. The molecule has 4 rings (SSSR count). The van der Waals surface area contributed by atoms with Crippen LogP contribution in [0.1, 0.15) is 32.6 Å². The SMILES string of the molecule is CCCCCCOc1nc(-c2ccccc2)c(-c2ccccc2)n1-c1ccccc1.[Na]. The molecular weight excluding hydrogens is 391 g/mol. The van der Waals surface area contributed by atoms with Gasteiger partial charge in [-0.15, -0.1) is 0 Å². The van der Waals surface area contributed by atoms with Gasteiger partial charge in [0.15, 0.2) is 0 Å². The van der Waals surface area contributed by atoms with Crippen molar-refractivity contribution < 1.29 is 4.74 Å². The average molecular weight is 420 g/mol. The molecule has 0 unspecified atom stereocenters. The van der Waals surface area contributed by atoms with Crippen LogP contribution in [0.5, 0.6) is 6.01 Å². The molecule has 3 aromatic carbocycles. The second-order valence-corrected chi connectivity index (χ2v) is 7.40. The molecule has 0 N–H and O–H groups in total. The van der Waals surface area contributed by atoms with Crippen molar-refractivity contribution in [3.63, 3.8) is 0 Å². The van der Waals surface area contributed by atoms with Gasteiger partial charge < -0.3 is 4.74 Å². The third-order valence-electron chi connectivity index (χ3n) is 5.18. The Bertz CT molecular complexity index is 1050. The van der Waals surface area contributed by atoms with Gasteiger partial charge >= 0.3 is 6.01 Å². The molecule has 1 aromatic heterocycles. The van der Waals surface area contributed by atoms with Crippen molar-refractivity contribution in [1.82, 2.24) is 9.55 Å². The minimum absolute atomic E-state index is 0. The van der Waals surface area contributed by atoms with Crippen LogP contribution < -0.4 is 4.74 Å². The first-order valence-electron chi connectivity index (χ1n) is 10.8. The van der Waals surface area contributed by atoms with E-state index in [0.717, 1.165) is 34.6 Å². The molecule has 1 heterocycles. The zero-order valence-corrected chi connectivity index (χ0v) is 20.5. The molecule has 0 bridgehead atoms. The van der Waals surface area contributed by atoms with Crippen LogP contribution in [-0.4, -0.2) is 45.7 Å². The monoisotopic (exact) mass is 419 g/mol. The molecule has 0 amide bonds. The van der Waals surface area contributed by atoms with Gasteiger partial charge in [-0.1, -0.05) is 105 Å². The molecule has 31 heavy (non-hydrogen) atoms. The van der Waals surface area contributed by atoms with Crippen molar-refractivity contribution in [2.75, 3.05) is 6.61 Å². The smallest absolute Gasteiger partial charge is 0.302 e. The Morgan fingerprint density at radius 3 is 1.90 bits per heavy atom. The zero-order chi connectivity index (χ0) is 20.6. The van der Waals surface area contributed by atoms with Crippen molar-refractivity contribution in [1.29, 1.82) is 0 Å². The van der Waals surface area contributed by atoms with E-state index < -0.39 is 0 Å². The Morgan fingerprint density at radius 2 is 1.29 bits per heavy atom. The summed E-state index contributed by atoms with van der Waals surface area (Å²) in [5.74, 6) is 0. The Labute approximate surface area is 207 Å². The zero-order valence-electron chi connectivity index (χ0n) is 18.5. The van der Waals surface area contributed by atoms with Crippen molar-refractivity contribution in [3.05, 3.63) is 91.0 Å². The van der Waals surface area contributed by atoms with E-state index >= 15 is 0 Å². The first-order chi connectivity index (χ1) is 14.9. The minimum atomic E-state index is 0. The van der Waals surface area contributed by atoms with E-state index in [1.807, 2.05) is 18.2 Å².